The van der Waals surface area contributed by atoms with Crippen molar-refractivity contribution in [3.05, 3.63) is 17.8 Å². The van der Waals surface area contributed by atoms with Crippen LogP contribution >= 0.6 is 0 Å². The molecule has 6 nitrogen and oxygen atoms in total. The second kappa shape index (κ2) is 4.61. The van der Waals surface area contributed by atoms with Gasteiger partial charge in [0.2, 0.25) is 5.91 Å². The maximum Gasteiger partial charge on any atom is 0.248 e. The second-order valence-corrected chi connectivity index (χ2v) is 3.19. The lowest BCUT2D eigenvalue weighted by Gasteiger charge is -2.11. The highest BCUT2D eigenvalue weighted by Gasteiger charge is 2.11. The number of carbonyl (C=O) groups is 1. The predicted octanol–water partition coefficient (Wildman–Crippen LogP) is -0.770. The Balaban J connectivity index is 2.66. The number of carbonyl (C=O) groups excluding carboxylic acids is 1. The molecule has 0 aliphatic rings. The molecule has 0 bridgehead atoms. The highest BCUT2D eigenvalue weighted by molar-refractivity contribution is 5.79. The first-order valence-electron chi connectivity index (χ1n) is 4.44. The molecule has 15 heavy (non-hydrogen) atoms. The van der Waals surface area contributed by atoms with E-state index in [2.05, 4.69) is 10.3 Å². The number of pyridine rings is 1. The SMILES string of the molecule is Cc1ccnc(NCC(O)C(N)=O)c1N. The maximum atomic E-state index is 10.6. The van der Waals surface area contributed by atoms with E-state index in [0.717, 1.165) is 5.56 Å². The Morgan fingerprint density at radius 3 is 3.00 bits per heavy atom. The van der Waals surface area contributed by atoms with Gasteiger partial charge in [-0.25, -0.2) is 4.98 Å². The van der Waals surface area contributed by atoms with Crippen LogP contribution < -0.4 is 16.8 Å². The van der Waals surface area contributed by atoms with Crippen LogP contribution in [0.2, 0.25) is 0 Å². The Bertz CT molecular complexity index is 367. The van der Waals surface area contributed by atoms with Crippen LogP contribution in [0.5, 0.6) is 0 Å². The first kappa shape index (κ1) is 11.3. The Morgan fingerprint density at radius 2 is 2.40 bits per heavy atom. The normalized spacial score (nSPS) is 12.1. The lowest BCUT2D eigenvalue weighted by Crippen LogP contribution is -2.34. The molecule has 0 aromatic carbocycles. The van der Waals surface area contributed by atoms with Crippen LogP contribution in [-0.4, -0.2) is 28.6 Å². The van der Waals surface area contributed by atoms with E-state index < -0.39 is 12.0 Å². The molecule has 1 amide bonds. The van der Waals surface area contributed by atoms with Gasteiger partial charge in [-0.3, -0.25) is 4.79 Å². The van der Waals surface area contributed by atoms with Crippen LogP contribution in [0.1, 0.15) is 5.56 Å². The fourth-order valence-electron chi connectivity index (χ4n) is 1.00. The molecule has 1 atom stereocenters. The van der Waals surface area contributed by atoms with E-state index in [1.54, 1.807) is 12.3 Å². The number of nitrogen functional groups attached to an aromatic ring is 1. The van der Waals surface area contributed by atoms with Crippen molar-refractivity contribution in [2.75, 3.05) is 17.6 Å². The summed E-state index contributed by atoms with van der Waals surface area (Å²) in [5, 5.41) is 11.9. The number of hydrogen-bond acceptors (Lipinski definition) is 5. The van der Waals surface area contributed by atoms with Crippen molar-refractivity contribution in [1.82, 2.24) is 4.98 Å². The number of primary amides is 1. The third-order valence-corrected chi connectivity index (χ3v) is 2.00. The van der Waals surface area contributed by atoms with Gasteiger partial charge in [0.05, 0.1) is 12.2 Å². The molecular weight excluding hydrogens is 196 g/mol. The maximum absolute atomic E-state index is 10.6. The van der Waals surface area contributed by atoms with Crippen LogP contribution in [0.3, 0.4) is 0 Å². The number of aryl methyl sites for hydroxylation is 1. The molecule has 1 rings (SSSR count). The summed E-state index contributed by atoms with van der Waals surface area (Å²) in [6, 6.07) is 1.77. The highest BCUT2D eigenvalue weighted by atomic mass is 16.3. The summed E-state index contributed by atoms with van der Waals surface area (Å²) in [4.78, 5) is 14.5. The summed E-state index contributed by atoms with van der Waals surface area (Å²) >= 11 is 0. The molecule has 0 aliphatic carbocycles. The van der Waals surface area contributed by atoms with Crippen molar-refractivity contribution in [2.45, 2.75) is 13.0 Å². The van der Waals surface area contributed by atoms with Gasteiger partial charge in [0.25, 0.3) is 0 Å². The van der Waals surface area contributed by atoms with Crippen molar-refractivity contribution in [3.8, 4) is 0 Å². The second-order valence-electron chi connectivity index (χ2n) is 3.19. The highest BCUT2D eigenvalue weighted by Crippen LogP contribution is 2.18. The minimum atomic E-state index is -1.24. The van der Waals surface area contributed by atoms with Gasteiger partial charge in [-0.2, -0.15) is 0 Å². The fraction of sp³-hybridized carbons (Fsp3) is 0.333. The standard InChI is InChI=1S/C9H14N4O2/c1-5-2-3-12-9(7(5)10)13-4-6(14)8(11)15/h2-3,6,14H,4,10H2,1H3,(H2,11,15)(H,12,13). The van der Waals surface area contributed by atoms with Gasteiger partial charge in [-0.1, -0.05) is 0 Å². The number of nitrogens with two attached hydrogens (primary N) is 2. The topological polar surface area (TPSA) is 114 Å². The molecule has 1 heterocycles. The molecule has 1 unspecified atom stereocenters. The molecule has 0 fully saturated rings. The number of anilines is 2. The molecule has 0 aliphatic heterocycles. The summed E-state index contributed by atoms with van der Waals surface area (Å²) in [6.07, 6.45) is 0.344. The van der Waals surface area contributed by atoms with Gasteiger partial charge < -0.3 is 21.9 Å². The lowest BCUT2D eigenvalue weighted by molar-refractivity contribution is -0.125. The molecule has 1 aromatic rings. The molecule has 1 aromatic heterocycles. The van der Waals surface area contributed by atoms with E-state index in [1.807, 2.05) is 6.92 Å². The minimum Gasteiger partial charge on any atom is -0.396 e. The number of hydrogen-bond donors (Lipinski definition) is 4. The number of amides is 1. The van der Waals surface area contributed by atoms with E-state index in [-0.39, 0.29) is 6.54 Å². The average molecular weight is 210 g/mol. The number of aliphatic hydroxyl groups is 1. The predicted molar refractivity (Wildman–Crippen MR) is 57.1 cm³/mol. The van der Waals surface area contributed by atoms with Crippen LogP contribution in [0.15, 0.2) is 12.3 Å². The summed E-state index contributed by atoms with van der Waals surface area (Å²) < 4.78 is 0. The van der Waals surface area contributed by atoms with E-state index >= 15 is 0 Å². The molecule has 82 valence electrons. The Kier molecular flexibility index (Phi) is 3.46. The van der Waals surface area contributed by atoms with Crippen LogP contribution in [0.25, 0.3) is 0 Å². The minimum absolute atomic E-state index is 0.00398. The van der Waals surface area contributed by atoms with E-state index in [4.69, 9.17) is 16.6 Å². The Morgan fingerprint density at radius 1 is 1.73 bits per heavy atom. The third kappa shape index (κ3) is 2.81. The molecule has 0 radical (unpaired) electrons. The zero-order valence-electron chi connectivity index (χ0n) is 8.40. The summed E-state index contributed by atoms with van der Waals surface area (Å²) in [6.45, 7) is 1.84. The largest absolute Gasteiger partial charge is 0.396 e. The molecular formula is C9H14N4O2. The number of nitrogens with one attached hydrogen (secondary N) is 1. The average Bonchev–Trinajstić information content (AvgIpc) is 2.19. The Labute approximate surface area is 87.3 Å². The van der Waals surface area contributed by atoms with Crippen molar-refractivity contribution in [1.29, 1.82) is 0 Å². The van der Waals surface area contributed by atoms with Crippen LogP contribution in [0, 0.1) is 6.92 Å². The molecule has 6 heteroatoms. The first-order valence-corrected chi connectivity index (χ1v) is 4.44. The molecule has 0 spiro atoms. The number of aliphatic hydroxyl groups excluding tert-OH is 1. The van der Waals surface area contributed by atoms with Gasteiger partial charge in [0, 0.05) is 6.20 Å². The number of rotatable bonds is 4. The summed E-state index contributed by atoms with van der Waals surface area (Å²) in [7, 11) is 0. The van der Waals surface area contributed by atoms with Gasteiger partial charge in [0.15, 0.2) is 0 Å². The first-order chi connectivity index (χ1) is 7.02. The monoisotopic (exact) mass is 210 g/mol. The third-order valence-electron chi connectivity index (χ3n) is 2.00. The zero-order chi connectivity index (χ0) is 11.4. The van der Waals surface area contributed by atoms with E-state index in [9.17, 15) is 4.79 Å². The van der Waals surface area contributed by atoms with Crippen LogP contribution in [0.4, 0.5) is 11.5 Å². The van der Waals surface area contributed by atoms with Gasteiger partial charge in [-0.05, 0) is 18.6 Å². The smallest absolute Gasteiger partial charge is 0.248 e. The molecule has 0 saturated heterocycles. The van der Waals surface area contributed by atoms with Crippen molar-refractivity contribution in [2.24, 2.45) is 5.73 Å². The Hall–Kier alpha value is -1.82. The summed E-state index contributed by atoms with van der Waals surface area (Å²) in [5.74, 6) is -0.343. The number of aromatic nitrogens is 1. The van der Waals surface area contributed by atoms with Crippen LogP contribution in [-0.2, 0) is 4.79 Å². The molecule has 0 saturated carbocycles. The zero-order valence-corrected chi connectivity index (χ0v) is 8.40. The molecule has 6 N–H and O–H groups in total. The number of nitrogens with zero attached hydrogens (tertiary/aromatic N) is 1. The van der Waals surface area contributed by atoms with Crippen molar-refractivity contribution >= 4 is 17.4 Å². The van der Waals surface area contributed by atoms with Crippen molar-refractivity contribution < 1.29 is 9.90 Å². The van der Waals surface area contributed by atoms with Gasteiger partial charge in [-0.15, -0.1) is 0 Å². The fourth-order valence-corrected chi connectivity index (χ4v) is 1.00. The van der Waals surface area contributed by atoms with E-state index in [0.29, 0.717) is 11.5 Å². The van der Waals surface area contributed by atoms with E-state index in [1.165, 1.54) is 0 Å². The summed E-state index contributed by atoms with van der Waals surface area (Å²) in [5.41, 5.74) is 12.0. The van der Waals surface area contributed by atoms with Gasteiger partial charge in [0.1, 0.15) is 11.9 Å². The quantitative estimate of drug-likeness (QED) is 0.521. The van der Waals surface area contributed by atoms with Crippen molar-refractivity contribution in [3.63, 3.8) is 0 Å². The van der Waals surface area contributed by atoms with Gasteiger partial charge >= 0.3 is 0 Å². The lowest BCUT2D eigenvalue weighted by atomic mass is 10.2.